The number of hydrogen-bond acceptors (Lipinski definition) is 5. The maximum absolute atomic E-state index is 5.44. The van der Waals surface area contributed by atoms with Crippen molar-refractivity contribution in [2.75, 3.05) is 24.7 Å². The lowest BCUT2D eigenvalue weighted by atomic mass is 10.2. The van der Waals surface area contributed by atoms with E-state index >= 15 is 0 Å². The Morgan fingerprint density at radius 3 is 2.60 bits per heavy atom. The van der Waals surface area contributed by atoms with Crippen molar-refractivity contribution in [3.05, 3.63) is 24.4 Å². The lowest BCUT2D eigenvalue weighted by Crippen LogP contribution is -2.09. The second-order valence-corrected chi connectivity index (χ2v) is 3.41. The zero-order chi connectivity index (χ0) is 10.8. The Kier molecular flexibility index (Phi) is 2.29. The van der Waals surface area contributed by atoms with E-state index in [0.717, 1.165) is 11.4 Å². The predicted molar refractivity (Wildman–Crippen MR) is 58.5 cm³/mol. The van der Waals surface area contributed by atoms with Crippen molar-refractivity contribution in [2.45, 2.75) is 0 Å². The summed E-state index contributed by atoms with van der Waals surface area (Å²) in [6.07, 6.45) is 1.74. The monoisotopic (exact) mass is 204 g/mol. The topological polar surface area (TPSA) is 68.2 Å². The van der Waals surface area contributed by atoms with Crippen LogP contribution in [0.2, 0.25) is 0 Å². The molecule has 0 saturated carbocycles. The van der Waals surface area contributed by atoms with Gasteiger partial charge in [0.25, 0.3) is 0 Å². The second kappa shape index (κ2) is 3.61. The van der Waals surface area contributed by atoms with Gasteiger partial charge in [0.1, 0.15) is 11.5 Å². The van der Waals surface area contributed by atoms with Gasteiger partial charge in [-0.2, -0.15) is 0 Å². The average molecular weight is 204 g/mol. The van der Waals surface area contributed by atoms with E-state index in [9.17, 15) is 0 Å². The van der Waals surface area contributed by atoms with Gasteiger partial charge in [-0.05, 0) is 12.1 Å². The number of nitrogens with two attached hydrogens (primary N) is 1. The molecule has 0 bridgehead atoms. The number of hydrogen-bond donors (Lipinski definition) is 1. The second-order valence-electron chi connectivity index (χ2n) is 3.41. The van der Waals surface area contributed by atoms with Crippen molar-refractivity contribution >= 4 is 11.7 Å². The molecule has 0 fully saturated rings. The van der Waals surface area contributed by atoms with Crippen LogP contribution in [0.3, 0.4) is 0 Å². The first-order chi connectivity index (χ1) is 7.16. The molecule has 2 N–H and O–H groups in total. The van der Waals surface area contributed by atoms with Crippen molar-refractivity contribution < 1.29 is 4.52 Å². The van der Waals surface area contributed by atoms with E-state index in [4.69, 9.17) is 10.3 Å². The van der Waals surface area contributed by atoms with Crippen LogP contribution in [0.1, 0.15) is 0 Å². The molecule has 2 aromatic rings. The van der Waals surface area contributed by atoms with Crippen molar-refractivity contribution in [3.8, 4) is 11.3 Å². The molecule has 2 rings (SSSR count). The highest BCUT2D eigenvalue weighted by molar-refractivity contribution is 5.61. The third-order valence-corrected chi connectivity index (χ3v) is 2.03. The van der Waals surface area contributed by atoms with Crippen molar-refractivity contribution in [3.63, 3.8) is 0 Å². The Morgan fingerprint density at radius 1 is 1.33 bits per heavy atom. The summed E-state index contributed by atoms with van der Waals surface area (Å²) in [5.74, 6) is 1.21. The maximum atomic E-state index is 5.44. The highest BCUT2D eigenvalue weighted by Crippen LogP contribution is 2.20. The Hall–Kier alpha value is -2.04. The zero-order valence-corrected chi connectivity index (χ0v) is 8.64. The van der Waals surface area contributed by atoms with Crippen LogP contribution in [0.4, 0.5) is 11.7 Å². The quantitative estimate of drug-likeness (QED) is 0.800. The van der Waals surface area contributed by atoms with Gasteiger partial charge in [-0.3, -0.25) is 0 Å². The number of pyridine rings is 1. The van der Waals surface area contributed by atoms with E-state index in [1.165, 1.54) is 0 Å². The molecule has 0 spiro atoms. The minimum absolute atomic E-state index is 0.307. The number of nitrogens with zero attached hydrogens (tertiary/aromatic N) is 3. The molecular weight excluding hydrogens is 192 g/mol. The molecule has 0 aliphatic carbocycles. The van der Waals surface area contributed by atoms with Gasteiger partial charge in [0.05, 0.1) is 0 Å². The first-order valence-corrected chi connectivity index (χ1v) is 4.53. The summed E-state index contributed by atoms with van der Waals surface area (Å²) < 4.78 is 4.79. The fraction of sp³-hybridized carbons (Fsp3) is 0.200. The summed E-state index contributed by atoms with van der Waals surface area (Å²) >= 11 is 0. The molecule has 0 radical (unpaired) electrons. The van der Waals surface area contributed by atoms with Gasteiger partial charge in [-0.15, -0.1) is 0 Å². The van der Waals surface area contributed by atoms with Gasteiger partial charge in [0.2, 0.25) is 5.88 Å². The Morgan fingerprint density at radius 2 is 2.13 bits per heavy atom. The molecule has 78 valence electrons. The molecule has 0 aromatic carbocycles. The minimum atomic E-state index is 0.307. The Balaban J connectivity index is 2.31. The lowest BCUT2D eigenvalue weighted by Gasteiger charge is -2.10. The van der Waals surface area contributed by atoms with Crippen LogP contribution in [0.25, 0.3) is 11.3 Å². The number of nitrogen functional groups attached to an aromatic ring is 1. The molecule has 2 aromatic heterocycles. The third-order valence-electron chi connectivity index (χ3n) is 2.03. The van der Waals surface area contributed by atoms with Crippen molar-refractivity contribution in [2.24, 2.45) is 0 Å². The van der Waals surface area contributed by atoms with Gasteiger partial charge < -0.3 is 15.2 Å². The largest absolute Gasteiger partial charge is 0.368 e. The van der Waals surface area contributed by atoms with E-state index in [2.05, 4.69) is 10.1 Å². The molecule has 0 aliphatic heterocycles. The summed E-state index contributed by atoms with van der Waals surface area (Å²) in [5.41, 5.74) is 7.03. The van der Waals surface area contributed by atoms with Crippen LogP contribution in [0, 0.1) is 0 Å². The summed E-state index contributed by atoms with van der Waals surface area (Å²) in [7, 11) is 3.88. The number of anilines is 2. The smallest absolute Gasteiger partial charge is 0.222 e. The number of rotatable bonds is 2. The third kappa shape index (κ3) is 1.90. The Labute approximate surface area is 87.5 Å². The van der Waals surface area contributed by atoms with Crippen LogP contribution < -0.4 is 10.6 Å². The summed E-state index contributed by atoms with van der Waals surface area (Å²) in [6, 6.07) is 5.52. The fourth-order valence-corrected chi connectivity index (χ4v) is 1.23. The lowest BCUT2D eigenvalue weighted by molar-refractivity contribution is 0.439. The van der Waals surface area contributed by atoms with E-state index in [0.29, 0.717) is 11.6 Å². The molecular formula is C10H12N4O. The molecule has 0 aliphatic rings. The van der Waals surface area contributed by atoms with Crippen molar-refractivity contribution in [1.29, 1.82) is 0 Å². The van der Waals surface area contributed by atoms with Crippen LogP contribution >= 0.6 is 0 Å². The van der Waals surface area contributed by atoms with Gasteiger partial charge in [-0.1, -0.05) is 5.16 Å². The molecule has 2 heterocycles. The van der Waals surface area contributed by atoms with Gasteiger partial charge in [-0.25, -0.2) is 4.98 Å². The molecule has 15 heavy (non-hydrogen) atoms. The normalized spacial score (nSPS) is 10.3. The summed E-state index contributed by atoms with van der Waals surface area (Å²) in [5, 5.41) is 3.81. The fourth-order valence-electron chi connectivity index (χ4n) is 1.23. The van der Waals surface area contributed by atoms with Crippen LogP contribution in [0.5, 0.6) is 0 Å². The molecule has 5 heteroatoms. The van der Waals surface area contributed by atoms with E-state index < -0.39 is 0 Å². The maximum Gasteiger partial charge on any atom is 0.222 e. The van der Waals surface area contributed by atoms with Crippen LogP contribution in [-0.2, 0) is 0 Å². The first kappa shape index (κ1) is 9.51. The SMILES string of the molecule is CN(C)c1ccc(-c2cc(N)on2)cn1. The van der Waals surface area contributed by atoms with Gasteiger partial charge >= 0.3 is 0 Å². The van der Waals surface area contributed by atoms with Gasteiger partial charge in [0, 0.05) is 31.9 Å². The average Bonchev–Trinajstić information content (AvgIpc) is 2.65. The van der Waals surface area contributed by atoms with Crippen molar-refractivity contribution in [1.82, 2.24) is 10.1 Å². The Bertz CT molecular complexity index is 447. The molecule has 0 amide bonds. The minimum Gasteiger partial charge on any atom is -0.368 e. The highest BCUT2D eigenvalue weighted by Gasteiger charge is 2.05. The number of aromatic nitrogens is 2. The van der Waals surface area contributed by atoms with E-state index in [1.54, 1.807) is 12.3 Å². The van der Waals surface area contributed by atoms with E-state index in [1.807, 2.05) is 31.1 Å². The predicted octanol–water partition coefficient (Wildman–Crippen LogP) is 1.38. The van der Waals surface area contributed by atoms with Crippen LogP contribution in [0.15, 0.2) is 28.9 Å². The summed E-state index contributed by atoms with van der Waals surface area (Å²) in [4.78, 5) is 6.20. The standard InChI is InChI=1S/C10H12N4O/c1-14(2)10-4-3-7(6-12-10)8-5-9(11)15-13-8/h3-6H,11H2,1-2H3. The highest BCUT2D eigenvalue weighted by atomic mass is 16.5. The molecule has 0 saturated heterocycles. The zero-order valence-electron chi connectivity index (χ0n) is 8.64. The first-order valence-electron chi connectivity index (χ1n) is 4.53. The molecule has 5 nitrogen and oxygen atoms in total. The van der Waals surface area contributed by atoms with E-state index in [-0.39, 0.29) is 0 Å². The molecule has 0 atom stereocenters. The molecule has 0 unspecified atom stereocenters. The van der Waals surface area contributed by atoms with Crippen LogP contribution in [-0.4, -0.2) is 24.2 Å². The van der Waals surface area contributed by atoms with Gasteiger partial charge in [0.15, 0.2) is 0 Å². The summed E-state index contributed by atoms with van der Waals surface area (Å²) in [6.45, 7) is 0.